The molecule has 7 heteroatoms. The van der Waals surface area contributed by atoms with E-state index in [1.54, 1.807) is 22.0 Å². The standard InChI is InChI=1S/C20H15N5O2/c21-7-11-8-24(9-11)19(27)20(4-5-20)25-10-14-17(23-25)12-3-6-22-15-2-1-13(16(12)15)18(14)26/h1,3,6,10-11H,2,4-5,8-9H2. The lowest BCUT2D eigenvalue weighted by atomic mass is 9.87. The number of hydrogen-bond donors (Lipinski definition) is 0. The van der Waals surface area contributed by atoms with E-state index in [9.17, 15) is 9.59 Å². The maximum absolute atomic E-state index is 13.0. The maximum Gasteiger partial charge on any atom is 0.250 e. The van der Waals surface area contributed by atoms with E-state index in [-0.39, 0.29) is 17.6 Å². The predicted octanol–water partition coefficient (Wildman–Crippen LogP) is 1.55. The minimum Gasteiger partial charge on any atom is -0.338 e. The summed E-state index contributed by atoms with van der Waals surface area (Å²) in [6.45, 7) is 0.976. The number of pyridine rings is 1. The third-order valence-electron chi connectivity index (χ3n) is 6.17. The molecule has 1 aliphatic heterocycles. The van der Waals surface area contributed by atoms with Crippen LogP contribution in [-0.2, 0) is 16.8 Å². The zero-order chi connectivity index (χ0) is 18.3. The van der Waals surface area contributed by atoms with Crippen LogP contribution in [0.2, 0.25) is 0 Å². The highest BCUT2D eigenvalue weighted by atomic mass is 16.2. The van der Waals surface area contributed by atoms with Crippen LogP contribution in [0.1, 0.15) is 34.5 Å². The van der Waals surface area contributed by atoms with Crippen molar-refractivity contribution in [2.45, 2.75) is 24.8 Å². The van der Waals surface area contributed by atoms with Crippen molar-refractivity contribution in [3.63, 3.8) is 0 Å². The summed E-state index contributed by atoms with van der Waals surface area (Å²) in [5.41, 5.74) is 3.96. The largest absolute Gasteiger partial charge is 0.338 e. The smallest absolute Gasteiger partial charge is 0.250 e. The van der Waals surface area contributed by atoms with Gasteiger partial charge in [0.15, 0.2) is 5.78 Å². The van der Waals surface area contributed by atoms with E-state index in [1.165, 1.54) is 0 Å². The number of hydrogen-bond acceptors (Lipinski definition) is 5. The Balaban J connectivity index is 1.43. The third kappa shape index (κ3) is 1.75. The topological polar surface area (TPSA) is 91.9 Å². The van der Waals surface area contributed by atoms with Crippen LogP contribution in [0.4, 0.5) is 0 Å². The Morgan fingerprint density at radius 3 is 2.85 bits per heavy atom. The molecule has 4 aliphatic rings. The van der Waals surface area contributed by atoms with Crippen molar-refractivity contribution < 1.29 is 9.59 Å². The molecule has 1 saturated heterocycles. The van der Waals surface area contributed by atoms with E-state index in [1.807, 2.05) is 12.1 Å². The van der Waals surface area contributed by atoms with Crippen molar-refractivity contribution in [1.29, 1.82) is 5.26 Å². The van der Waals surface area contributed by atoms with Crippen molar-refractivity contribution in [3.8, 4) is 17.3 Å². The van der Waals surface area contributed by atoms with Gasteiger partial charge in [-0.05, 0) is 18.9 Å². The van der Waals surface area contributed by atoms with Gasteiger partial charge in [0.1, 0.15) is 11.2 Å². The Bertz CT molecular complexity index is 1130. The minimum atomic E-state index is -0.692. The zero-order valence-electron chi connectivity index (χ0n) is 14.5. The number of nitriles is 1. The number of allylic oxidation sites excluding steroid dienone is 2. The van der Waals surface area contributed by atoms with E-state index < -0.39 is 5.54 Å². The van der Waals surface area contributed by atoms with Gasteiger partial charge in [-0.1, -0.05) is 6.08 Å². The van der Waals surface area contributed by atoms with Crippen LogP contribution in [-0.4, -0.2) is 44.4 Å². The number of amides is 1. The summed E-state index contributed by atoms with van der Waals surface area (Å²) in [6.07, 6.45) is 7.53. The fourth-order valence-corrected chi connectivity index (χ4v) is 4.45. The zero-order valence-corrected chi connectivity index (χ0v) is 14.5. The van der Waals surface area contributed by atoms with Crippen molar-refractivity contribution >= 4 is 17.3 Å². The van der Waals surface area contributed by atoms with Crippen molar-refractivity contribution in [3.05, 3.63) is 41.4 Å². The molecule has 0 aromatic carbocycles. The summed E-state index contributed by atoms with van der Waals surface area (Å²) in [7, 11) is 0. The molecule has 2 aromatic heterocycles. The van der Waals surface area contributed by atoms with Crippen LogP contribution >= 0.6 is 0 Å². The Labute approximate surface area is 154 Å². The molecule has 2 fully saturated rings. The van der Waals surface area contributed by atoms with Gasteiger partial charge in [0.25, 0.3) is 5.91 Å². The Hall–Kier alpha value is -3.27. The van der Waals surface area contributed by atoms with Crippen molar-refractivity contribution in [1.82, 2.24) is 19.7 Å². The molecule has 2 aromatic rings. The van der Waals surface area contributed by atoms with E-state index >= 15 is 0 Å². The lowest BCUT2D eigenvalue weighted by Crippen LogP contribution is -2.54. The second kappa shape index (κ2) is 4.71. The second-order valence-electron chi connectivity index (χ2n) is 7.73. The molecular weight excluding hydrogens is 342 g/mol. The fourth-order valence-electron chi connectivity index (χ4n) is 4.45. The SMILES string of the molecule is N#CC1CN(C(=O)C2(n3cc4c(n3)-c3ccnc5c3C(=CC5)C4=O)CC2)C1. The summed E-state index contributed by atoms with van der Waals surface area (Å²) in [5.74, 6) is -0.0902. The van der Waals surface area contributed by atoms with Gasteiger partial charge in [0.2, 0.25) is 0 Å². The van der Waals surface area contributed by atoms with E-state index in [4.69, 9.17) is 10.4 Å². The first-order valence-corrected chi connectivity index (χ1v) is 9.15. The molecule has 1 saturated carbocycles. The minimum absolute atomic E-state index is 0.0137. The molecule has 0 bridgehead atoms. The first kappa shape index (κ1) is 14.9. The van der Waals surface area contributed by atoms with Gasteiger partial charge < -0.3 is 4.90 Å². The average molecular weight is 357 g/mol. The van der Waals surface area contributed by atoms with Gasteiger partial charge >= 0.3 is 0 Å². The molecule has 0 unspecified atom stereocenters. The summed E-state index contributed by atoms with van der Waals surface area (Å²) in [6, 6.07) is 4.10. The molecular formula is C20H15N5O2. The fraction of sp³-hybridized carbons (Fsp3) is 0.350. The molecule has 1 amide bonds. The first-order chi connectivity index (χ1) is 13.1. The number of nitrogens with zero attached hydrogens (tertiary/aromatic N) is 5. The normalized spacial score (nSPS) is 21.1. The number of carbonyl (C=O) groups excluding carboxylic acids is 2. The lowest BCUT2D eigenvalue weighted by Gasteiger charge is -2.37. The van der Waals surface area contributed by atoms with Gasteiger partial charge in [-0.3, -0.25) is 19.3 Å². The van der Waals surface area contributed by atoms with Crippen LogP contribution in [0.3, 0.4) is 0 Å². The van der Waals surface area contributed by atoms with Gasteiger partial charge in [0.05, 0.1) is 23.2 Å². The maximum atomic E-state index is 13.0. The van der Waals surface area contributed by atoms with Crippen LogP contribution in [0.25, 0.3) is 16.8 Å². The highest BCUT2D eigenvalue weighted by molar-refractivity contribution is 6.34. The van der Waals surface area contributed by atoms with Gasteiger partial charge in [-0.2, -0.15) is 10.4 Å². The summed E-state index contributed by atoms with van der Waals surface area (Å²) >= 11 is 0. The van der Waals surface area contributed by atoms with E-state index in [0.717, 1.165) is 16.8 Å². The number of Topliss-reactive ketones (excluding diaryl/α,β-unsaturated/α-hetero) is 1. The number of likely N-dealkylation sites (tertiary alicyclic amines) is 1. The average Bonchev–Trinajstić information content (AvgIpc) is 3.13. The van der Waals surface area contributed by atoms with Crippen molar-refractivity contribution in [2.24, 2.45) is 5.92 Å². The number of ketones is 1. The molecule has 0 radical (unpaired) electrons. The number of fused-ring (bicyclic) bond motifs is 2. The monoisotopic (exact) mass is 357 g/mol. The summed E-state index contributed by atoms with van der Waals surface area (Å²) in [5, 5.41) is 13.7. The van der Waals surface area contributed by atoms with Crippen LogP contribution in [0.15, 0.2) is 24.5 Å². The molecule has 6 rings (SSSR count). The van der Waals surface area contributed by atoms with Crippen LogP contribution in [0.5, 0.6) is 0 Å². The lowest BCUT2D eigenvalue weighted by molar-refractivity contribution is -0.141. The number of rotatable bonds is 2. The van der Waals surface area contributed by atoms with Gasteiger partial charge in [0, 0.05) is 48.6 Å². The van der Waals surface area contributed by atoms with E-state index in [2.05, 4.69) is 11.1 Å². The Morgan fingerprint density at radius 1 is 1.30 bits per heavy atom. The Morgan fingerprint density at radius 2 is 2.11 bits per heavy atom. The van der Waals surface area contributed by atoms with Crippen LogP contribution < -0.4 is 0 Å². The number of carbonyl (C=O) groups is 2. The van der Waals surface area contributed by atoms with E-state index in [0.29, 0.717) is 49.2 Å². The molecule has 27 heavy (non-hydrogen) atoms. The quantitative estimate of drug-likeness (QED) is 0.813. The van der Waals surface area contributed by atoms with Gasteiger partial charge in [-0.15, -0.1) is 0 Å². The first-order valence-electron chi connectivity index (χ1n) is 9.15. The molecule has 0 N–H and O–H groups in total. The molecule has 0 atom stereocenters. The molecule has 132 valence electrons. The summed E-state index contributed by atoms with van der Waals surface area (Å²) in [4.78, 5) is 32.1. The molecule has 7 nitrogen and oxygen atoms in total. The molecule has 3 aliphatic carbocycles. The van der Waals surface area contributed by atoms with Gasteiger partial charge in [-0.25, -0.2) is 0 Å². The highest BCUT2D eigenvalue weighted by Gasteiger charge is 2.56. The second-order valence-corrected chi connectivity index (χ2v) is 7.73. The summed E-state index contributed by atoms with van der Waals surface area (Å²) < 4.78 is 1.70. The molecule has 0 spiro atoms. The number of aromatic nitrogens is 3. The highest BCUT2D eigenvalue weighted by Crippen LogP contribution is 2.49. The molecule has 3 heterocycles. The van der Waals surface area contributed by atoms with Crippen LogP contribution in [0, 0.1) is 17.2 Å². The Kier molecular flexibility index (Phi) is 2.59. The third-order valence-corrected chi connectivity index (χ3v) is 6.17. The predicted molar refractivity (Wildman–Crippen MR) is 94.4 cm³/mol. The van der Waals surface area contributed by atoms with Crippen molar-refractivity contribution in [2.75, 3.05) is 13.1 Å².